The van der Waals surface area contributed by atoms with Gasteiger partial charge in [0.15, 0.2) is 5.75 Å². The van der Waals surface area contributed by atoms with Gasteiger partial charge in [0.25, 0.3) is 5.95 Å². The van der Waals surface area contributed by atoms with E-state index >= 15 is 0 Å². The lowest BCUT2D eigenvalue weighted by atomic mass is 9.99. The zero-order valence-electron chi connectivity index (χ0n) is 14.5. The van der Waals surface area contributed by atoms with Gasteiger partial charge in [0.2, 0.25) is 5.43 Å². The Morgan fingerprint density at radius 2 is 1.50 bits per heavy atom. The molecule has 0 saturated carbocycles. The van der Waals surface area contributed by atoms with Crippen molar-refractivity contribution in [3.05, 3.63) is 92.4 Å². The Kier molecular flexibility index (Phi) is 2.90. The van der Waals surface area contributed by atoms with E-state index in [1.807, 2.05) is 42.5 Å². The lowest BCUT2D eigenvalue weighted by molar-refractivity contribution is 0.335. The number of para-hydroxylation sites is 1. The van der Waals surface area contributed by atoms with Crippen molar-refractivity contribution in [1.82, 2.24) is 0 Å². The van der Waals surface area contributed by atoms with Crippen LogP contribution in [0, 0.1) is 0 Å². The van der Waals surface area contributed by atoms with Crippen molar-refractivity contribution in [1.29, 1.82) is 0 Å². The molecule has 0 amide bonds. The van der Waals surface area contributed by atoms with Gasteiger partial charge in [-0.1, -0.05) is 42.5 Å². The van der Waals surface area contributed by atoms with Crippen molar-refractivity contribution >= 4 is 32.7 Å². The van der Waals surface area contributed by atoms with Crippen LogP contribution < -0.4 is 15.8 Å². The summed E-state index contributed by atoms with van der Waals surface area (Å²) in [6.07, 6.45) is 0.110. The highest BCUT2D eigenvalue weighted by molar-refractivity contribution is 6.05. The highest BCUT2D eigenvalue weighted by Crippen LogP contribution is 2.40. The Hall–Kier alpha value is -3.86. The standard InChI is InChI=1S/C23H12O5/c24-20-15-11-16-21(14-7-3-4-8-17(14)26-22(16)25)28-23(15)27-18-10-9-12-5-1-2-6-13(12)19(18)20/h1-10H,11H2. The average Bonchev–Trinajstić information content (AvgIpc) is 2.73. The molecule has 1 aliphatic heterocycles. The van der Waals surface area contributed by atoms with Gasteiger partial charge in [0.1, 0.15) is 11.2 Å². The largest absolute Gasteiger partial charge is 0.425 e. The van der Waals surface area contributed by atoms with Gasteiger partial charge in [-0.25, -0.2) is 4.79 Å². The summed E-state index contributed by atoms with van der Waals surface area (Å²) < 4.78 is 17.3. The number of benzene rings is 3. The Bertz CT molecular complexity index is 1560. The van der Waals surface area contributed by atoms with Gasteiger partial charge in [-0.3, -0.25) is 4.79 Å². The van der Waals surface area contributed by atoms with Gasteiger partial charge >= 0.3 is 5.63 Å². The van der Waals surface area contributed by atoms with E-state index in [9.17, 15) is 9.59 Å². The second kappa shape index (κ2) is 5.33. The van der Waals surface area contributed by atoms with Crippen LogP contribution in [0.25, 0.3) is 32.7 Å². The van der Waals surface area contributed by atoms with E-state index in [1.165, 1.54) is 0 Å². The molecule has 0 fully saturated rings. The molecule has 5 aromatic rings. The molecule has 0 bridgehead atoms. The minimum absolute atomic E-state index is 0.110. The summed E-state index contributed by atoms with van der Waals surface area (Å²) in [6, 6.07) is 18.5. The van der Waals surface area contributed by atoms with Gasteiger partial charge in [-0.05, 0) is 29.0 Å². The second-order valence-corrected chi connectivity index (χ2v) is 6.83. The smallest absolute Gasteiger partial charge is 0.343 e. The second-order valence-electron chi connectivity index (χ2n) is 6.83. The first kappa shape index (κ1) is 15.2. The fourth-order valence-electron chi connectivity index (χ4n) is 3.91. The van der Waals surface area contributed by atoms with Gasteiger partial charge in [0.05, 0.1) is 21.9 Å². The molecule has 3 heterocycles. The third-order valence-electron chi connectivity index (χ3n) is 5.24. The first-order valence-corrected chi connectivity index (χ1v) is 8.91. The summed E-state index contributed by atoms with van der Waals surface area (Å²) in [5, 5.41) is 2.93. The summed E-state index contributed by atoms with van der Waals surface area (Å²) >= 11 is 0. The molecule has 0 saturated heterocycles. The van der Waals surface area contributed by atoms with Crippen LogP contribution in [0.1, 0.15) is 11.1 Å². The van der Waals surface area contributed by atoms with E-state index in [2.05, 4.69) is 0 Å². The number of hydrogen-bond acceptors (Lipinski definition) is 5. The van der Waals surface area contributed by atoms with Crippen molar-refractivity contribution in [2.45, 2.75) is 6.42 Å². The van der Waals surface area contributed by atoms with Gasteiger partial charge < -0.3 is 13.6 Å². The molecule has 3 aromatic carbocycles. The van der Waals surface area contributed by atoms with E-state index in [0.29, 0.717) is 38.8 Å². The van der Waals surface area contributed by atoms with Gasteiger partial charge in [-0.2, -0.15) is 0 Å². The maximum atomic E-state index is 13.3. The highest BCUT2D eigenvalue weighted by Gasteiger charge is 2.29. The Labute approximate surface area is 157 Å². The van der Waals surface area contributed by atoms with Crippen LogP contribution in [0.4, 0.5) is 0 Å². The van der Waals surface area contributed by atoms with Crippen molar-refractivity contribution in [3.8, 4) is 11.7 Å². The monoisotopic (exact) mass is 368 g/mol. The quantitative estimate of drug-likeness (QED) is 0.286. The Morgan fingerprint density at radius 1 is 0.714 bits per heavy atom. The predicted octanol–water partition coefficient (Wildman–Crippen LogP) is 4.75. The molecule has 6 rings (SSSR count). The molecule has 0 N–H and O–H groups in total. The normalized spacial score (nSPS) is 12.7. The zero-order chi connectivity index (χ0) is 18.8. The van der Waals surface area contributed by atoms with Crippen molar-refractivity contribution in [2.24, 2.45) is 0 Å². The van der Waals surface area contributed by atoms with E-state index in [1.54, 1.807) is 18.2 Å². The molecule has 0 radical (unpaired) electrons. The molecule has 0 unspecified atom stereocenters. The van der Waals surface area contributed by atoms with Crippen LogP contribution in [0.2, 0.25) is 0 Å². The summed E-state index contributed by atoms with van der Waals surface area (Å²) in [7, 11) is 0. The summed E-state index contributed by atoms with van der Waals surface area (Å²) in [6.45, 7) is 0. The summed E-state index contributed by atoms with van der Waals surface area (Å²) in [4.78, 5) is 25.8. The summed E-state index contributed by atoms with van der Waals surface area (Å²) in [5.41, 5.74) is 0.863. The third kappa shape index (κ3) is 1.96. The molecule has 2 aromatic heterocycles. The fourth-order valence-corrected chi connectivity index (χ4v) is 3.91. The Balaban J connectivity index is 1.69. The topological polar surface area (TPSA) is 69.7 Å². The molecule has 5 heteroatoms. The number of rotatable bonds is 0. The van der Waals surface area contributed by atoms with Crippen molar-refractivity contribution < 1.29 is 13.6 Å². The first-order valence-electron chi connectivity index (χ1n) is 8.91. The van der Waals surface area contributed by atoms with Crippen LogP contribution in [0.5, 0.6) is 11.7 Å². The maximum Gasteiger partial charge on any atom is 0.343 e. The number of ether oxygens (including phenoxy) is 1. The minimum Gasteiger partial charge on any atom is -0.425 e. The number of hydrogen-bond donors (Lipinski definition) is 0. The third-order valence-corrected chi connectivity index (χ3v) is 5.24. The van der Waals surface area contributed by atoms with E-state index < -0.39 is 5.63 Å². The number of fused-ring (bicyclic) bond motifs is 7. The first-order chi connectivity index (χ1) is 13.7. The van der Waals surface area contributed by atoms with Crippen LogP contribution in [-0.4, -0.2) is 0 Å². The molecular weight excluding hydrogens is 356 g/mol. The maximum absolute atomic E-state index is 13.3. The molecule has 134 valence electrons. The molecule has 0 spiro atoms. The van der Waals surface area contributed by atoms with Crippen LogP contribution >= 0.6 is 0 Å². The van der Waals surface area contributed by atoms with Gasteiger partial charge in [0, 0.05) is 6.42 Å². The van der Waals surface area contributed by atoms with Crippen LogP contribution in [-0.2, 0) is 6.42 Å². The highest BCUT2D eigenvalue weighted by atomic mass is 16.6. The predicted molar refractivity (Wildman–Crippen MR) is 105 cm³/mol. The average molecular weight is 368 g/mol. The van der Waals surface area contributed by atoms with Gasteiger partial charge in [-0.15, -0.1) is 0 Å². The van der Waals surface area contributed by atoms with Crippen molar-refractivity contribution in [3.63, 3.8) is 0 Å². The lowest BCUT2D eigenvalue weighted by Gasteiger charge is -2.19. The molecule has 5 nitrogen and oxygen atoms in total. The molecule has 0 aliphatic carbocycles. The molecular formula is C23H12O5. The molecule has 1 aliphatic rings. The molecule has 0 atom stereocenters. The van der Waals surface area contributed by atoms with Crippen LogP contribution in [0.15, 0.2) is 79.1 Å². The minimum atomic E-state index is -0.503. The lowest BCUT2D eigenvalue weighted by Crippen LogP contribution is -2.20. The molecule has 28 heavy (non-hydrogen) atoms. The zero-order valence-corrected chi connectivity index (χ0v) is 14.5. The van der Waals surface area contributed by atoms with Crippen LogP contribution in [0.3, 0.4) is 0 Å². The van der Waals surface area contributed by atoms with E-state index in [0.717, 1.165) is 10.8 Å². The van der Waals surface area contributed by atoms with Crippen molar-refractivity contribution in [2.75, 3.05) is 0 Å². The summed E-state index contributed by atoms with van der Waals surface area (Å²) in [5.74, 6) is 0.527. The van der Waals surface area contributed by atoms with E-state index in [4.69, 9.17) is 13.6 Å². The SMILES string of the molecule is O=c1oc2ccccc2c2c1Cc1c(oc3ccc4ccccc4c3c1=O)O2. The Morgan fingerprint density at radius 3 is 2.39 bits per heavy atom. The van der Waals surface area contributed by atoms with E-state index in [-0.39, 0.29) is 17.8 Å². The fraction of sp³-hybridized carbons (Fsp3) is 0.0435.